The van der Waals surface area contributed by atoms with E-state index in [2.05, 4.69) is 21.8 Å². The van der Waals surface area contributed by atoms with Crippen LogP contribution in [0.1, 0.15) is 19.2 Å². The minimum absolute atomic E-state index is 0.149. The first-order valence-corrected chi connectivity index (χ1v) is 7.10. The summed E-state index contributed by atoms with van der Waals surface area (Å²) in [6.07, 6.45) is 0.981. The van der Waals surface area contributed by atoms with Gasteiger partial charge in [0.2, 0.25) is 0 Å². The van der Waals surface area contributed by atoms with Crippen LogP contribution in [0, 0.1) is 0 Å². The lowest BCUT2D eigenvalue weighted by Gasteiger charge is -2.22. The van der Waals surface area contributed by atoms with Gasteiger partial charge in [-0.2, -0.15) is 0 Å². The number of hydrogen-bond donors (Lipinski definition) is 2. The smallest absolute Gasteiger partial charge is 0.258 e. The van der Waals surface area contributed by atoms with E-state index >= 15 is 0 Å². The maximum atomic E-state index is 12.1. The van der Waals surface area contributed by atoms with Crippen molar-refractivity contribution in [2.24, 2.45) is 5.73 Å². The van der Waals surface area contributed by atoms with Crippen molar-refractivity contribution in [1.29, 1.82) is 0 Å². The Bertz CT molecular complexity index is 699. The molecule has 20 heavy (non-hydrogen) atoms. The van der Waals surface area contributed by atoms with Crippen molar-refractivity contribution in [2.75, 3.05) is 6.54 Å². The van der Waals surface area contributed by atoms with Crippen LogP contribution in [0.15, 0.2) is 23.0 Å². The highest BCUT2D eigenvalue weighted by Crippen LogP contribution is 2.19. The van der Waals surface area contributed by atoms with Gasteiger partial charge >= 0.3 is 0 Å². The van der Waals surface area contributed by atoms with Crippen LogP contribution in [0.25, 0.3) is 10.9 Å². The molecule has 3 rings (SSSR count). The molecule has 1 saturated heterocycles. The highest BCUT2D eigenvalue weighted by molar-refractivity contribution is 6.31. The third-order valence-electron chi connectivity index (χ3n) is 4.01. The van der Waals surface area contributed by atoms with E-state index in [1.54, 1.807) is 18.2 Å². The van der Waals surface area contributed by atoms with Crippen LogP contribution in [0.4, 0.5) is 0 Å². The first-order valence-electron chi connectivity index (χ1n) is 6.72. The molecule has 1 aliphatic rings. The van der Waals surface area contributed by atoms with E-state index in [-0.39, 0.29) is 11.6 Å². The first-order chi connectivity index (χ1) is 9.54. The van der Waals surface area contributed by atoms with Gasteiger partial charge in [0, 0.05) is 23.7 Å². The van der Waals surface area contributed by atoms with Crippen LogP contribution in [-0.4, -0.2) is 33.5 Å². The van der Waals surface area contributed by atoms with E-state index in [4.69, 9.17) is 17.3 Å². The SMILES string of the molecule is CC1C(N)CCN1Cc1nc2ccc(Cl)cc2c(=O)[nH]1. The Hall–Kier alpha value is -1.43. The predicted molar refractivity (Wildman–Crippen MR) is 79.8 cm³/mol. The van der Waals surface area contributed by atoms with E-state index in [0.717, 1.165) is 13.0 Å². The van der Waals surface area contributed by atoms with Gasteiger partial charge in [-0.15, -0.1) is 0 Å². The van der Waals surface area contributed by atoms with Crippen LogP contribution in [0.3, 0.4) is 0 Å². The molecule has 0 saturated carbocycles. The van der Waals surface area contributed by atoms with E-state index in [1.165, 1.54) is 0 Å². The number of aromatic nitrogens is 2. The Balaban J connectivity index is 1.93. The van der Waals surface area contributed by atoms with Crippen LogP contribution in [0.5, 0.6) is 0 Å². The number of aromatic amines is 1. The molecule has 2 unspecified atom stereocenters. The number of nitrogens with one attached hydrogen (secondary N) is 1. The Morgan fingerprint density at radius 2 is 2.35 bits per heavy atom. The largest absolute Gasteiger partial charge is 0.326 e. The number of nitrogens with two attached hydrogens (primary N) is 1. The molecule has 0 radical (unpaired) electrons. The number of fused-ring (bicyclic) bond motifs is 1. The van der Waals surface area contributed by atoms with Gasteiger partial charge in [0.25, 0.3) is 5.56 Å². The topological polar surface area (TPSA) is 75.0 Å². The Kier molecular flexibility index (Phi) is 3.50. The van der Waals surface area contributed by atoms with Crippen LogP contribution in [0.2, 0.25) is 5.02 Å². The van der Waals surface area contributed by atoms with Crippen molar-refractivity contribution >= 4 is 22.5 Å². The molecular formula is C14H17ClN4O. The molecule has 1 aromatic carbocycles. The van der Waals surface area contributed by atoms with Crippen molar-refractivity contribution in [3.8, 4) is 0 Å². The van der Waals surface area contributed by atoms with Crippen molar-refractivity contribution in [3.05, 3.63) is 39.4 Å². The fourth-order valence-corrected chi connectivity index (χ4v) is 2.85. The summed E-state index contributed by atoms with van der Waals surface area (Å²) in [6.45, 7) is 3.66. The molecule has 0 aliphatic carbocycles. The molecule has 2 atom stereocenters. The zero-order valence-corrected chi connectivity index (χ0v) is 12.0. The van der Waals surface area contributed by atoms with Gasteiger partial charge in [-0.25, -0.2) is 4.98 Å². The number of benzene rings is 1. The Morgan fingerprint density at radius 1 is 1.55 bits per heavy atom. The Labute approximate surface area is 121 Å². The van der Waals surface area contributed by atoms with E-state index < -0.39 is 0 Å². The van der Waals surface area contributed by atoms with Crippen LogP contribution >= 0.6 is 11.6 Å². The quantitative estimate of drug-likeness (QED) is 0.879. The van der Waals surface area contributed by atoms with Gasteiger partial charge in [-0.3, -0.25) is 9.69 Å². The van der Waals surface area contributed by atoms with Gasteiger partial charge in [-0.05, 0) is 31.5 Å². The summed E-state index contributed by atoms with van der Waals surface area (Å²) in [7, 11) is 0. The van der Waals surface area contributed by atoms with Gasteiger partial charge < -0.3 is 10.7 Å². The van der Waals surface area contributed by atoms with E-state index in [1.807, 2.05) is 0 Å². The zero-order chi connectivity index (χ0) is 14.3. The molecule has 6 heteroatoms. The number of nitrogens with zero attached hydrogens (tertiary/aromatic N) is 2. The number of halogens is 1. The third kappa shape index (κ3) is 2.44. The normalized spacial score (nSPS) is 23.6. The van der Waals surface area contributed by atoms with Gasteiger partial charge in [0.05, 0.1) is 17.4 Å². The molecule has 3 N–H and O–H groups in total. The molecule has 0 spiro atoms. The molecule has 1 aromatic heterocycles. The van der Waals surface area contributed by atoms with Crippen molar-refractivity contribution in [2.45, 2.75) is 32.0 Å². The summed E-state index contributed by atoms with van der Waals surface area (Å²) in [5.74, 6) is 0.672. The van der Waals surface area contributed by atoms with Crippen molar-refractivity contribution in [3.63, 3.8) is 0 Å². The predicted octanol–water partition coefficient (Wildman–Crippen LogP) is 1.50. The number of likely N-dealkylation sites (tertiary alicyclic amines) is 1. The number of rotatable bonds is 2. The molecule has 0 amide bonds. The monoisotopic (exact) mass is 292 g/mol. The summed E-state index contributed by atoms with van der Waals surface area (Å²) in [6, 6.07) is 5.66. The molecule has 1 aliphatic heterocycles. The minimum atomic E-state index is -0.149. The summed E-state index contributed by atoms with van der Waals surface area (Å²) < 4.78 is 0. The Morgan fingerprint density at radius 3 is 3.05 bits per heavy atom. The first kappa shape index (κ1) is 13.5. The second kappa shape index (κ2) is 5.16. The maximum absolute atomic E-state index is 12.1. The van der Waals surface area contributed by atoms with Crippen LogP contribution < -0.4 is 11.3 Å². The van der Waals surface area contributed by atoms with Gasteiger partial charge in [0.15, 0.2) is 0 Å². The summed E-state index contributed by atoms with van der Waals surface area (Å²) in [4.78, 5) is 21.7. The van der Waals surface area contributed by atoms with Gasteiger partial charge in [0.1, 0.15) is 5.82 Å². The van der Waals surface area contributed by atoms with Crippen molar-refractivity contribution in [1.82, 2.24) is 14.9 Å². The molecule has 106 valence electrons. The fourth-order valence-electron chi connectivity index (χ4n) is 2.68. The summed E-state index contributed by atoms with van der Waals surface area (Å²) in [5.41, 5.74) is 6.53. The van der Waals surface area contributed by atoms with Gasteiger partial charge in [-0.1, -0.05) is 11.6 Å². The number of hydrogen-bond acceptors (Lipinski definition) is 4. The van der Waals surface area contributed by atoms with Crippen molar-refractivity contribution < 1.29 is 0 Å². The summed E-state index contributed by atoms with van der Waals surface area (Å²) >= 11 is 5.90. The fraction of sp³-hybridized carbons (Fsp3) is 0.429. The van der Waals surface area contributed by atoms with E-state index in [9.17, 15) is 4.79 Å². The average Bonchev–Trinajstić information content (AvgIpc) is 2.72. The third-order valence-corrected chi connectivity index (χ3v) is 4.25. The molecule has 0 bridgehead atoms. The standard InChI is InChI=1S/C14H17ClN4O/c1-8-11(16)4-5-19(8)7-13-17-12-3-2-9(15)6-10(12)14(20)18-13/h2-3,6,8,11H,4-5,7,16H2,1H3,(H,17,18,20). The van der Waals surface area contributed by atoms with Crippen LogP contribution in [-0.2, 0) is 6.54 Å². The zero-order valence-electron chi connectivity index (χ0n) is 11.3. The second-order valence-electron chi connectivity index (χ2n) is 5.34. The van der Waals surface area contributed by atoms with E-state index in [0.29, 0.717) is 34.3 Å². The lowest BCUT2D eigenvalue weighted by molar-refractivity contribution is 0.245. The second-order valence-corrected chi connectivity index (χ2v) is 5.77. The molecule has 2 heterocycles. The lowest BCUT2D eigenvalue weighted by Crippen LogP contribution is -2.37. The lowest BCUT2D eigenvalue weighted by atomic mass is 10.2. The highest BCUT2D eigenvalue weighted by atomic mass is 35.5. The maximum Gasteiger partial charge on any atom is 0.258 e. The minimum Gasteiger partial charge on any atom is -0.326 e. The molecule has 2 aromatic rings. The molecule has 1 fully saturated rings. The molecule has 5 nitrogen and oxygen atoms in total. The molecular weight excluding hydrogens is 276 g/mol. The average molecular weight is 293 g/mol. The highest BCUT2D eigenvalue weighted by Gasteiger charge is 2.28. The number of H-pyrrole nitrogens is 1. The summed E-state index contributed by atoms with van der Waals surface area (Å²) in [5, 5.41) is 1.06.